The summed E-state index contributed by atoms with van der Waals surface area (Å²) in [7, 11) is 0. The van der Waals surface area contributed by atoms with Crippen LogP contribution in [0, 0.1) is 6.92 Å². The predicted octanol–water partition coefficient (Wildman–Crippen LogP) is 2.46. The van der Waals surface area contributed by atoms with Crippen LogP contribution in [0.2, 0.25) is 5.02 Å². The smallest absolute Gasteiger partial charge is 0.393 e. The molecule has 0 radical (unpaired) electrons. The van der Waals surface area contributed by atoms with Gasteiger partial charge in [-0.25, -0.2) is 4.79 Å². The fourth-order valence-corrected chi connectivity index (χ4v) is 2.17. The summed E-state index contributed by atoms with van der Waals surface area (Å²) in [6.07, 6.45) is 0. The molecular weight excluding hydrogens is 240 g/mol. The van der Waals surface area contributed by atoms with E-state index >= 15 is 0 Å². The lowest BCUT2D eigenvalue weighted by Gasteiger charge is -1.89. The molecule has 78 valence electrons. The van der Waals surface area contributed by atoms with Gasteiger partial charge >= 0.3 is 11.9 Å². The van der Waals surface area contributed by atoms with Gasteiger partial charge in [0.05, 0.1) is 5.02 Å². The number of halogens is 1. The van der Waals surface area contributed by atoms with Gasteiger partial charge in [0.1, 0.15) is 4.88 Å². The quantitative estimate of drug-likeness (QED) is 0.878. The maximum absolute atomic E-state index is 10.5. The molecule has 0 saturated carbocycles. The highest BCUT2D eigenvalue weighted by molar-refractivity contribution is 7.14. The van der Waals surface area contributed by atoms with Crippen LogP contribution in [0.1, 0.15) is 16.2 Å². The molecule has 0 spiro atoms. The van der Waals surface area contributed by atoms with E-state index in [2.05, 4.69) is 10.2 Å². The van der Waals surface area contributed by atoms with Gasteiger partial charge in [0.25, 0.3) is 5.89 Å². The van der Waals surface area contributed by atoms with Crippen molar-refractivity contribution in [3.8, 4) is 10.8 Å². The van der Waals surface area contributed by atoms with Crippen LogP contribution in [0.15, 0.2) is 9.80 Å². The van der Waals surface area contributed by atoms with Gasteiger partial charge in [-0.15, -0.1) is 21.5 Å². The van der Waals surface area contributed by atoms with Crippen LogP contribution in [0.4, 0.5) is 0 Å². The third kappa shape index (κ3) is 1.73. The van der Waals surface area contributed by atoms with E-state index in [-0.39, 0.29) is 5.89 Å². The normalized spacial score (nSPS) is 10.5. The first-order chi connectivity index (χ1) is 7.09. The number of carbonyl (C=O) groups is 1. The van der Waals surface area contributed by atoms with Gasteiger partial charge < -0.3 is 9.52 Å². The molecule has 2 aromatic heterocycles. The molecule has 0 amide bonds. The highest BCUT2D eigenvalue weighted by Gasteiger charge is 2.18. The van der Waals surface area contributed by atoms with Crippen molar-refractivity contribution in [1.82, 2.24) is 10.2 Å². The summed E-state index contributed by atoms with van der Waals surface area (Å²) < 4.78 is 4.93. The summed E-state index contributed by atoms with van der Waals surface area (Å²) in [4.78, 5) is 11.1. The Balaban J connectivity index is 2.46. The lowest BCUT2D eigenvalue weighted by atomic mass is 10.3. The average molecular weight is 245 g/mol. The molecule has 0 aliphatic heterocycles. The molecule has 1 N–H and O–H groups in total. The summed E-state index contributed by atoms with van der Waals surface area (Å²) in [6, 6.07) is 0. The van der Waals surface area contributed by atoms with Crippen LogP contribution in [0.5, 0.6) is 0 Å². The van der Waals surface area contributed by atoms with E-state index in [4.69, 9.17) is 21.1 Å². The zero-order valence-electron chi connectivity index (χ0n) is 7.52. The van der Waals surface area contributed by atoms with Crippen molar-refractivity contribution in [2.24, 2.45) is 0 Å². The molecule has 15 heavy (non-hydrogen) atoms. The Bertz CT molecular complexity index is 520. The van der Waals surface area contributed by atoms with Crippen molar-refractivity contribution < 1.29 is 14.3 Å². The Labute approximate surface area is 93.3 Å². The number of aromatic carboxylic acids is 1. The van der Waals surface area contributed by atoms with Gasteiger partial charge in [-0.1, -0.05) is 11.6 Å². The molecule has 0 aliphatic rings. The van der Waals surface area contributed by atoms with Crippen LogP contribution in [-0.4, -0.2) is 21.3 Å². The van der Waals surface area contributed by atoms with Gasteiger partial charge in [-0.3, -0.25) is 0 Å². The Hall–Kier alpha value is -1.40. The van der Waals surface area contributed by atoms with Crippen LogP contribution in [0.3, 0.4) is 0 Å². The number of nitrogens with zero attached hydrogens (tertiary/aromatic N) is 2. The minimum atomic E-state index is -1.25. The number of hydrogen-bond donors (Lipinski definition) is 1. The summed E-state index contributed by atoms with van der Waals surface area (Å²) in [5.74, 6) is -1.55. The third-order valence-corrected chi connectivity index (χ3v) is 3.39. The molecule has 0 saturated heterocycles. The van der Waals surface area contributed by atoms with E-state index in [1.54, 1.807) is 0 Å². The third-order valence-electron chi connectivity index (χ3n) is 1.70. The minimum absolute atomic E-state index is 0.135. The van der Waals surface area contributed by atoms with Crippen LogP contribution in [-0.2, 0) is 0 Å². The van der Waals surface area contributed by atoms with Crippen molar-refractivity contribution in [1.29, 1.82) is 0 Å². The molecule has 5 nitrogen and oxygen atoms in total. The number of aromatic nitrogens is 2. The van der Waals surface area contributed by atoms with Gasteiger partial charge in [0, 0.05) is 0 Å². The van der Waals surface area contributed by atoms with E-state index in [9.17, 15) is 4.79 Å². The fraction of sp³-hybridized carbons (Fsp3) is 0.125. The van der Waals surface area contributed by atoms with Crippen molar-refractivity contribution >= 4 is 28.9 Å². The molecule has 2 aromatic rings. The number of carboxylic acids is 1. The zero-order valence-corrected chi connectivity index (χ0v) is 9.09. The second-order valence-corrected chi connectivity index (χ2v) is 4.04. The first-order valence-corrected chi connectivity index (χ1v) is 5.16. The summed E-state index contributed by atoms with van der Waals surface area (Å²) in [5, 5.41) is 17.9. The van der Waals surface area contributed by atoms with Gasteiger partial charge in [-0.05, 0) is 17.9 Å². The average Bonchev–Trinajstić information content (AvgIpc) is 2.76. The van der Waals surface area contributed by atoms with Gasteiger partial charge in [0.15, 0.2) is 0 Å². The monoisotopic (exact) mass is 244 g/mol. The van der Waals surface area contributed by atoms with E-state index in [0.717, 1.165) is 5.56 Å². The first-order valence-electron chi connectivity index (χ1n) is 3.90. The molecule has 7 heteroatoms. The molecule has 0 fully saturated rings. The summed E-state index contributed by atoms with van der Waals surface area (Å²) in [5.41, 5.74) is 0.895. The Morgan fingerprint density at radius 2 is 2.33 bits per heavy atom. The second-order valence-electron chi connectivity index (χ2n) is 2.78. The predicted molar refractivity (Wildman–Crippen MR) is 54.3 cm³/mol. The van der Waals surface area contributed by atoms with E-state index in [1.165, 1.54) is 11.3 Å². The number of rotatable bonds is 2. The second kappa shape index (κ2) is 3.63. The highest BCUT2D eigenvalue weighted by atomic mass is 35.5. The van der Waals surface area contributed by atoms with Crippen molar-refractivity contribution in [3.05, 3.63) is 21.9 Å². The van der Waals surface area contributed by atoms with E-state index < -0.39 is 11.9 Å². The SMILES string of the molecule is Cc1csc(-c2nnc(C(=O)O)o2)c1Cl. The van der Waals surface area contributed by atoms with Gasteiger partial charge in [0.2, 0.25) is 0 Å². The fourth-order valence-electron chi connectivity index (χ4n) is 0.976. The standard InChI is InChI=1S/C8H5ClN2O3S/c1-3-2-15-5(4(3)9)6-10-11-7(14-6)8(12)13/h2H,1H3,(H,12,13). The highest BCUT2D eigenvalue weighted by Crippen LogP contribution is 2.35. The van der Waals surface area contributed by atoms with E-state index in [0.29, 0.717) is 9.90 Å². The lowest BCUT2D eigenvalue weighted by Crippen LogP contribution is -1.95. The number of carboxylic acid groups (broad SMARTS) is 1. The van der Waals surface area contributed by atoms with Gasteiger partial charge in [-0.2, -0.15) is 0 Å². The van der Waals surface area contributed by atoms with Crippen molar-refractivity contribution in [2.45, 2.75) is 6.92 Å². The molecule has 2 heterocycles. The Morgan fingerprint density at radius 3 is 2.80 bits per heavy atom. The number of thiophene rings is 1. The maximum atomic E-state index is 10.5. The first kappa shape index (κ1) is 10.1. The molecule has 0 bridgehead atoms. The Morgan fingerprint density at radius 1 is 1.60 bits per heavy atom. The molecule has 0 unspecified atom stereocenters. The van der Waals surface area contributed by atoms with Crippen LogP contribution in [0.25, 0.3) is 10.8 Å². The maximum Gasteiger partial charge on any atom is 0.393 e. The zero-order chi connectivity index (χ0) is 11.0. The van der Waals surface area contributed by atoms with E-state index in [1.807, 2.05) is 12.3 Å². The van der Waals surface area contributed by atoms with Crippen LogP contribution < -0.4 is 0 Å². The number of hydrogen-bond acceptors (Lipinski definition) is 5. The van der Waals surface area contributed by atoms with Crippen molar-refractivity contribution in [2.75, 3.05) is 0 Å². The molecular formula is C8H5ClN2O3S. The minimum Gasteiger partial charge on any atom is -0.474 e. The summed E-state index contributed by atoms with van der Waals surface area (Å²) in [6.45, 7) is 1.84. The lowest BCUT2D eigenvalue weighted by molar-refractivity contribution is 0.0654. The topological polar surface area (TPSA) is 76.2 Å². The Kier molecular flexibility index (Phi) is 2.45. The number of aryl methyl sites for hydroxylation is 1. The van der Waals surface area contributed by atoms with Crippen molar-refractivity contribution in [3.63, 3.8) is 0 Å². The summed E-state index contributed by atoms with van der Waals surface area (Å²) >= 11 is 7.30. The molecule has 0 aromatic carbocycles. The largest absolute Gasteiger partial charge is 0.474 e. The molecule has 0 aliphatic carbocycles. The molecule has 0 atom stereocenters. The van der Waals surface area contributed by atoms with Crippen LogP contribution >= 0.6 is 22.9 Å². The molecule has 2 rings (SSSR count).